The van der Waals surface area contributed by atoms with Gasteiger partial charge in [0, 0.05) is 17.3 Å². The molecule has 4 nitrogen and oxygen atoms in total. The largest absolute Gasteiger partial charge is 0.481 e. The first kappa shape index (κ1) is 13.4. The van der Waals surface area contributed by atoms with Gasteiger partial charge in [0.05, 0.1) is 6.42 Å². The lowest BCUT2D eigenvalue weighted by atomic mass is 9.91. The normalized spacial score (nSPS) is 22.9. The SMILES string of the molecule is O=C(O)CC(c1cc2c(cc1Br)OC1(CCC1)O2)C1CC1. The molecule has 1 unspecified atom stereocenters. The third kappa shape index (κ3) is 2.31. The van der Waals surface area contributed by atoms with Gasteiger partial charge in [-0.15, -0.1) is 0 Å². The molecule has 112 valence electrons. The zero-order chi connectivity index (χ0) is 14.6. The number of halogens is 1. The van der Waals surface area contributed by atoms with Gasteiger partial charge in [0.25, 0.3) is 5.79 Å². The van der Waals surface area contributed by atoms with E-state index in [-0.39, 0.29) is 12.3 Å². The number of ether oxygens (including phenoxy) is 2. The van der Waals surface area contributed by atoms with Crippen LogP contribution in [0.2, 0.25) is 0 Å². The fourth-order valence-corrected chi connectivity index (χ4v) is 3.92. The molecule has 2 fully saturated rings. The summed E-state index contributed by atoms with van der Waals surface area (Å²) in [5.74, 6) is 0.896. The number of fused-ring (bicyclic) bond motifs is 1. The van der Waals surface area contributed by atoms with Crippen molar-refractivity contribution in [3.05, 3.63) is 22.2 Å². The van der Waals surface area contributed by atoms with E-state index in [1.54, 1.807) is 0 Å². The number of rotatable bonds is 4. The second kappa shape index (κ2) is 4.63. The Bertz CT molecular complexity index is 605. The summed E-state index contributed by atoms with van der Waals surface area (Å²) in [6.45, 7) is 0. The summed E-state index contributed by atoms with van der Waals surface area (Å²) in [5.41, 5.74) is 1.04. The minimum absolute atomic E-state index is 0.0590. The Hall–Kier alpha value is -1.23. The fraction of sp³-hybridized carbons (Fsp3) is 0.562. The highest BCUT2D eigenvalue weighted by Crippen LogP contribution is 2.53. The van der Waals surface area contributed by atoms with Gasteiger partial charge in [-0.1, -0.05) is 15.9 Å². The summed E-state index contributed by atoms with van der Waals surface area (Å²) >= 11 is 3.59. The van der Waals surface area contributed by atoms with Gasteiger partial charge < -0.3 is 14.6 Å². The predicted octanol–water partition coefficient (Wildman–Crippen LogP) is 4.07. The first-order valence-electron chi connectivity index (χ1n) is 7.50. The maximum atomic E-state index is 11.1. The summed E-state index contributed by atoms with van der Waals surface area (Å²) in [6.07, 6.45) is 5.39. The number of hydrogen-bond acceptors (Lipinski definition) is 3. The van der Waals surface area contributed by atoms with Crippen LogP contribution >= 0.6 is 15.9 Å². The molecule has 5 heteroatoms. The molecule has 1 atom stereocenters. The van der Waals surface area contributed by atoms with Gasteiger partial charge in [0.15, 0.2) is 11.5 Å². The van der Waals surface area contributed by atoms with Crippen molar-refractivity contribution in [2.75, 3.05) is 0 Å². The maximum absolute atomic E-state index is 11.1. The van der Waals surface area contributed by atoms with Crippen LogP contribution in [0, 0.1) is 5.92 Å². The van der Waals surface area contributed by atoms with Gasteiger partial charge in [-0.3, -0.25) is 4.79 Å². The standard InChI is InChI=1S/C16H17BrO4/c17-12-8-14-13(20-16(21-14)4-1-5-16)6-11(12)10(7-15(18)19)9-2-3-9/h6,8-10H,1-5,7H2,(H,18,19). The molecule has 1 aromatic carbocycles. The Morgan fingerprint density at radius 2 is 2.00 bits per heavy atom. The van der Waals surface area contributed by atoms with Gasteiger partial charge in [-0.25, -0.2) is 0 Å². The molecule has 2 aliphatic carbocycles. The molecule has 4 rings (SSSR count). The minimum atomic E-state index is -0.744. The molecule has 0 radical (unpaired) electrons. The number of benzene rings is 1. The predicted molar refractivity (Wildman–Crippen MR) is 79.7 cm³/mol. The maximum Gasteiger partial charge on any atom is 0.303 e. The lowest BCUT2D eigenvalue weighted by molar-refractivity contribution is -0.139. The van der Waals surface area contributed by atoms with E-state index >= 15 is 0 Å². The zero-order valence-electron chi connectivity index (χ0n) is 11.6. The van der Waals surface area contributed by atoms with E-state index in [1.165, 1.54) is 0 Å². The van der Waals surface area contributed by atoms with Gasteiger partial charge in [-0.2, -0.15) is 0 Å². The highest BCUT2D eigenvalue weighted by molar-refractivity contribution is 9.10. The Balaban J connectivity index is 1.67. The lowest BCUT2D eigenvalue weighted by Gasteiger charge is -2.35. The van der Waals surface area contributed by atoms with E-state index in [4.69, 9.17) is 14.6 Å². The Morgan fingerprint density at radius 3 is 2.52 bits per heavy atom. The molecule has 1 aliphatic heterocycles. The average Bonchev–Trinajstić information content (AvgIpc) is 3.14. The van der Waals surface area contributed by atoms with Crippen LogP contribution in [0.3, 0.4) is 0 Å². The van der Waals surface area contributed by atoms with Crippen molar-refractivity contribution in [1.29, 1.82) is 0 Å². The van der Waals surface area contributed by atoms with Crippen molar-refractivity contribution in [2.24, 2.45) is 5.92 Å². The van der Waals surface area contributed by atoms with Crippen molar-refractivity contribution >= 4 is 21.9 Å². The summed E-state index contributed by atoms with van der Waals surface area (Å²) < 4.78 is 12.9. The summed E-state index contributed by atoms with van der Waals surface area (Å²) in [4.78, 5) is 11.1. The first-order valence-corrected chi connectivity index (χ1v) is 8.29. The van der Waals surface area contributed by atoms with Gasteiger partial charge in [-0.05, 0) is 48.8 Å². The third-order valence-electron chi connectivity index (χ3n) is 4.76. The molecule has 0 saturated heterocycles. The highest BCUT2D eigenvalue weighted by atomic mass is 79.9. The van der Waals surface area contributed by atoms with E-state index in [1.807, 2.05) is 12.1 Å². The van der Waals surface area contributed by atoms with Gasteiger partial charge in [0.1, 0.15) is 0 Å². The number of carboxylic acids is 1. The van der Waals surface area contributed by atoms with Crippen LogP contribution in [0.5, 0.6) is 11.5 Å². The first-order chi connectivity index (χ1) is 10.1. The molecule has 1 N–H and O–H groups in total. The second-order valence-electron chi connectivity index (χ2n) is 6.33. The molecule has 0 amide bonds. The molecule has 0 bridgehead atoms. The molecule has 2 saturated carbocycles. The van der Waals surface area contributed by atoms with Crippen molar-refractivity contribution < 1.29 is 19.4 Å². The van der Waals surface area contributed by atoms with Crippen LogP contribution in [0.1, 0.15) is 50.0 Å². The van der Waals surface area contributed by atoms with Crippen LogP contribution in [0.15, 0.2) is 16.6 Å². The molecule has 0 aromatic heterocycles. The topological polar surface area (TPSA) is 55.8 Å². The molecule has 1 aromatic rings. The number of hydrogen-bond donors (Lipinski definition) is 1. The van der Waals surface area contributed by atoms with E-state index in [0.29, 0.717) is 5.92 Å². The van der Waals surface area contributed by atoms with Gasteiger partial charge >= 0.3 is 5.97 Å². The minimum Gasteiger partial charge on any atom is -0.481 e. The zero-order valence-corrected chi connectivity index (χ0v) is 13.2. The van der Waals surface area contributed by atoms with E-state index in [0.717, 1.165) is 53.6 Å². The average molecular weight is 353 g/mol. The molecule has 1 heterocycles. The van der Waals surface area contributed by atoms with E-state index < -0.39 is 11.8 Å². The molecule has 1 spiro atoms. The smallest absolute Gasteiger partial charge is 0.303 e. The van der Waals surface area contributed by atoms with Crippen LogP contribution in [-0.4, -0.2) is 16.9 Å². The van der Waals surface area contributed by atoms with Crippen LogP contribution in [-0.2, 0) is 4.79 Å². The van der Waals surface area contributed by atoms with Crippen LogP contribution in [0.4, 0.5) is 0 Å². The Labute approximate surface area is 131 Å². The summed E-state index contributed by atoms with van der Waals surface area (Å²) in [5, 5.41) is 9.17. The molecule has 21 heavy (non-hydrogen) atoms. The third-order valence-corrected chi connectivity index (χ3v) is 5.44. The van der Waals surface area contributed by atoms with Gasteiger partial charge in [0.2, 0.25) is 0 Å². The van der Waals surface area contributed by atoms with E-state index in [2.05, 4.69) is 15.9 Å². The van der Waals surface area contributed by atoms with Crippen molar-refractivity contribution in [3.8, 4) is 11.5 Å². The number of aliphatic carboxylic acids is 1. The van der Waals surface area contributed by atoms with Crippen molar-refractivity contribution in [2.45, 2.75) is 50.2 Å². The summed E-state index contributed by atoms with van der Waals surface area (Å²) in [7, 11) is 0. The summed E-state index contributed by atoms with van der Waals surface area (Å²) in [6, 6.07) is 3.92. The lowest BCUT2D eigenvalue weighted by Crippen LogP contribution is -2.45. The van der Waals surface area contributed by atoms with Crippen molar-refractivity contribution in [3.63, 3.8) is 0 Å². The quantitative estimate of drug-likeness (QED) is 0.887. The fourth-order valence-electron chi connectivity index (χ4n) is 3.30. The number of carboxylic acid groups (broad SMARTS) is 1. The molecule has 3 aliphatic rings. The Morgan fingerprint density at radius 1 is 1.33 bits per heavy atom. The molecular formula is C16H17BrO4. The number of carbonyl (C=O) groups is 1. The molecular weight excluding hydrogens is 336 g/mol. The highest BCUT2D eigenvalue weighted by Gasteiger charge is 2.47. The van der Waals surface area contributed by atoms with Crippen LogP contribution < -0.4 is 9.47 Å². The monoisotopic (exact) mass is 352 g/mol. The second-order valence-corrected chi connectivity index (χ2v) is 7.18. The van der Waals surface area contributed by atoms with Crippen molar-refractivity contribution in [1.82, 2.24) is 0 Å². The van der Waals surface area contributed by atoms with Crippen LogP contribution in [0.25, 0.3) is 0 Å². The van der Waals surface area contributed by atoms with E-state index in [9.17, 15) is 4.79 Å². The Kier molecular flexibility index (Phi) is 2.96.